The van der Waals surface area contributed by atoms with Gasteiger partial charge in [-0.25, -0.2) is 4.39 Å². The Labute approximate surface area is 95.6 Å². The maximum atomic E-state index is 14.2. The van der Waals surface area contributed by atoms with E-state index in [-0.39, 0.29) is 5.82 Å². The maximum absolute atomic E-state index is 14.2. The molecule has 3 heteroatoms. The Balaban J connectivity index is 2.37. The van der Waals surface area contributed by atoms with E-state index in [2.05, 4.69) is 0 Å². The van der Waals surface area contributed by atoms with Gasteiger partial charge < -0.3 is 10.5 Å². The molecule has 0 aromatic heterocycles. The van der Waals surface area contributed by atoms with Crippen molar-refractivity contribution in [2.75, 3.05) is 7.11 Å². The first-order valence-electron chi connectivity index (χ1n) is 5.73. The number of halogens is 1. The lowest BCUT2D eigenvalue weighted by Crippen LogP contribution is -2.34. The Morgan fingerprint density at radius 2 is 2.06 bits per heavy atom. The lowest BCUT2D eigenvalue weighted by atomic mass is 9.88. The summed E-state index contributed by atoms with van der Waals surface area (Å²) in [5, 5.41) is 0. The number of hydrogen-bond donors (Lipinski definition) is 1. The van der Waals surface area contributed by atoms with E-state index in [1.165, 1.54) is 0 Å². The van der Waals surface area contributed by atoms with Crippen LogP contribution in [-0.2, 0) is 16.9 Å². The number of methoxy groups -OCH3 is 1. The van der Waals surface area contributed by atoms with Crippen LogP contribution >= 0.6 is 0 Å². The van der Waals surface area contributed by atoms with Crippen LogP contribution in [0.2, 0.25) is 0 Å². The maximum Gasteiger partial charge on any atom is 0.133 e. The van der Waals surface area contributed by atoms with Gasteiger partial charge in [-0.2, -0.15) is 0 Å². The molecule has 0 saturated heterocycles. The summed E-state index contributed by atoms with van der Waals surface area (Å²) in [6.07, 6.45) is 3.93. The van der Waals surface area contributed by atoms with Crippen molar-refractivity contribution in [1.29, 1.82) is 0 Å². The van der Waals surface area contributed by atoms with Gasteiger partial charge >= 0.3 is 0 Å². The van der Waals surface area contributed by atoms with Crippen LogP contribution in [0.1, 0.15) is 36.8 Å². The van der Waals surface area contributed by atoms with Crippen LogP contribution in [0.25, 0.3) is 0 Å². The fourth-order valence-corrected chi connectivity index (χ4v) is 2.51. The zero-order valence-corrected chi connectivity index (χ0v) is 9.63. The van der Waals surface area contributed by atoms with Crippen molar-refractivity contribution in [2.45, 2.75) is 37.8 Å². The van der Waals surface area contributed by atoms with Gasteiger partial charge in [0.15, 0.2) is 0 Å². The van der Waals surface area contributed by atoms with E-state index in [1.807, 2.05) is 6.07 Å². The van der Waals surface area contributed by atoms with Crippen molar-refractivity contribution >= 4 is 0 Å². The summed E-state index contributed by atoms with van der Waals surface area (Å²) in [5.41, 5.74) is 7.05. The zero-order chi connectivity index (χ0) is 11.6. The Bertz CT molecular complexity index is 372. The van der Waals surface area contributed by atoms with Gasteiger partial charge in [-0.3, -0.25) is 0 Å². The number of rotatable bonds is 3. The van der Waals surface area contributed by atoms with E-state index in [0.29, 0.717) is 17.7 Å². The predicted molar refractivity (Wildman–Crippen MR) is 61.4 cm³/mol. The smallest absolute Gasteiger partial charge is 0.133 e. The van der Waals surface area contributed by atoms with Crippen LogP contribution in [0.3, 0.4) is 0 Å². The van der Waals surface area contributed by atoms with E-state index in [1.54, 1.807) is 19.2 Å². The molecule has 0 spiro atoms. The average Bonchev–Trinajstić information content (AvgIpc) is 2.70. The summed E-state index contributed by atoms with van der Waals surface area (Å²) < 4.78 is 19.2. The molecule has 0 bridgehead atoms. The van der Waals surface area contributed by atoms with Crippen LogP contribution in [-0.4, -0.2) is 7.11 Å². The van der Waals surface area contributed by atoms with Crippen molar-refractivity contribution in [3.8, 4) is 0 Å². The molecule has 2 nitrogen and oxygen atoms in total. The Morgan fingerprint density at radius 3 is 2.69 bits per heavy atom. The van der Waals surface area contributed by atoms with E-state index < -0.39 is 5.54 Å². The summed E-state index contributed by atoms with van der Waals surface area (Å²) in [5.74, 6) is -0.186. The molecule has 0 radical (unpaired) electrons. The molecule has 1 fully saturated rings. The molecule has 1 aliphatic rings. The molecular weight excluding hydrogens is 205 g/mol. The van der Waals surface area contributed by atoms with Crippen LogP contribution in [0.4, 0.5) is 4.39 Å². The van der Waals surface area contributed by atoms with Crippen LogP contribution in [0.5, 0.6) is 0 Å². The predicted octanol–water partition coefficient (Wildman–Crippen LogP) is 2.70. The number of hydrogen-bond acceptors (Lipinski definition) is 2. The molecule has 2 rings (SSSR count). The molecule has 88 valence electrons. The standard InChI is InChI=1S/C13H18FNO/c1-16-9-10-5-4-6-11(12(10)14)13(15)7-2-3-8-13/h4-6H,2-3,7-9,15H2,1H3. The van der Waals surface area contributed by atoms with Crippen LogP contribution in [0, 0.1) is 5.82 Å². The highest BCUT2D eigenvalue weighted by Gasteiger charge is 2.34. The number of benzene rings is 1. The summed E-state index contributed by atoms with van der Waals surface area (Å²) in [6, 6.07) is 5.42. The summed E-state index contributed by atoms with van der Waals surface area (Å²) in [4.78, 5) is 0. The van der Waals surface area contributed by atoms with Crippen molar-refractivity contribution in [3.05, 3.63) is 35.1 Å². The van der Waals surface area contributed by atoms with E-state index >= 15 is 0 Å². The average molecular weight is 223 g/mol. The number of nitrogens with two attached hydrogens (primary N) is 1. The normalized spacial score (nSPS) is 18.9. The first-order chi connectivity index (χ1) is 7.67. The highest BCUT2D eigenvalue weighted by molar-refractivity contribution is 5.32. The highest BCUT2D eigenvalue weighted by Crippen LogP contribution is 2.38. The minimum Gasteiger partial charge on any atom is -0.380 e. The largest absolute Gasteiger partial charge is 0.380 e. The molecule has 1 aliphatic carbocycles. The van der Waals surface area contributed by atoms with Gasteiger partial charge in [-0.1, -0.05) is 31.0 Å². The third-order valence-corrected chi connectivity index (χ3v) is 3.41. The second-order valence-corrected chi connectivity index (χ2v) is 4.57. The molecule has 0 heterocycles. The van der Waals surface area contributed by atoms with E-state index in [9.17, 15) is 4.39 Å². The Hall–Kier alpha value is -0.930. The highest BCUT2D eigenvalue weighted by atomic mass is 19.1. The second-order valence-electron chi connectivity index (χ2n) is 4.57. The molecule has 1 aromatic carbocycles. The van der Waals surface area contributed by atoms with Gasteiger partial charge in [0.2, 0.25) is 0 Å². The van der Waals surface area contributed by atoms with E-state index in [0.717, 1.165) is 25.7 Å². The van der Waals surface area contributed by atoms with E-state index in [4.69, 9.17) is 10.5 Å². The number of ether oxygens (including phenoxy) is 1. The third-order valence-electron chi connectivity index (χ3n) is 3.41. The lowest BCUT2D eigenvalue weighted by Gasteiger charge is -2.25. The Kier molecular flexibility index (Phi) is 3.26. The van der Waals surface area contributed by atoms with Gasteiger partial charge in [0, 0.05) is 23.8 Å². The minimum absolute atomic E-state index is 0.186. The van der Waals surface area contributed by atoms with Gasteiger partial charge in [0.25, 0.3) is 0 Å². The quantitative estimate of drug-likeness (QED) is 0.855. The Morgan fingerprint density at radius 1 is 1.38 bits per heavy atom. The van der Waals surface area contributed by atoms with Crippen molar-refractivity contribution < 1.29 is 9.13 Å². The monoisotopic (exact) mass is 223 g/mol. The second kappa shape index (κ2) is 4.52. The molecule has 1 aromatic rings. The molecule has 2 N–H and O–H groups in total. The van der Waals surface area contributed by atoms with Crippen molar-refractivity contribution in [1.82, 2.24) is 0 Å². The molecule has 0 amide bonds. The minimum atomic E-state index is -0.464. The summed E-state index contributed by atoms with van der Waals surface area (Å²) in [6.45, 7) is 0.301. The first kappa shape index (κ1) is 11.6. The molecule has 16 heavy (non-hydrogen) atoms. The zero-order valence-electron chi connectivity index (χ0n) is 9.63. The van der Waals surface area contributed by atoms with Gasteiger partial charge in [0.05, 0.1) is 6.61 Å². The summed E-state index contributed by atoms with van der Waals surface area (Å²) in [7, 11) is 1.57. The molecular formula is C13H18FNO. The summed E-state index contributed by atoms with van der Waals surface area (Å²) >= 11 is 0. The van der Waals surface area contributed by atoms with Gasteiger partial charge in [0.1, 0.15) is 5.82 Å². The fourth-order valence-electron chi connectivity index (χ4n) is 2.51. The van der Waals surface area contributed by atoms with Crippen molar-refractivity contribution in [3.63, 3.8) is 0 Å². The van der Waals surface area contributed by atoms with Gasteiger partial charge in [-0.15, -0.1) is 0 Å². The lowest BCUT2D eigenvalue weighted by molar-refractivity contribution is 0.181. The fraction of sp³-hybridized carbons (Fsp3) is 0.538. The first-order valence-corrected chi connectivity index (χ1v) is 5.73. The van der Waals surface area contributed by atoms with Gasteiger partial charge in [-0.05, 0) is 12.8 Å². The van der Waals surface area contributed by atoms with Crippen molar-refractivity contribution in [2.24, 2.45) is 5.73 Å². The topological polar surface area (TPSA) is 35.2 Å². The molecule has 0 aliphatic heterocycles. The molecule has 1 saturated carbocycles. The molecule has 0 unspecified atom stereocenters. The molecule has 0 atom stereocenters. The van der Waals surface area contributed by atoms with Crippen LogP contribution < -0.4 is 5.73 Å². The SMILES string of the molecule is COCc1cccc(C2(N)CCCC2)c1F. The third kappa shape index (κ3) is 1.97. The van der Waals surface area contributed by atoms with Crippen LogP contribution in [0.15, 0.2) is 18.2 Å².